The third-order valence-corrected chi connectivity index (χ3v) is 5.57. The number of carbonyl (C=O) groups excluding carboxylic acids is 1. The highest BCUT2D eigenvalue weighted by Crippen LogP contribution is 2.22. The van der Waals surface area contributed by atoms with Gasteiger partial charge < -0.3 is 19.7 Å². The number of aromatic nitrogens is 3. The number of aliphatic hydroxyl groups excluding tert-OH is 1. The molecule has 9 nitrogen and oxygen atoms in total. The molecule has 2 atom stereocenters. The van der Waals surface area contributed by atoms with E-state index < -0.39 is 41.1 Å². The van der Waals surface area contributed by atoms with Gasteiger partial charge in [0.1, 0.15) is 24.3 Å². The normalized spacial score (nSPS) is 14.3. The van der Waals surface area contributed by atoms with Gasteiger partial charge in [-0.1, -0.05) is 0 Å². The Labute approximate surface area is 157 Å². The number of nitrogens with one attached hydrogen (secondary N) is 1. The number of carbonyl (C=O) groups is 1. The molecule has 11 heteroatoms. The molecule has 2 heterocycles. The zero-order valence-electron chi connectivity index (χ0n) is 15.2. The molecule has 0 aliphatic rings. The van der Waals surface area contributed by atoms with Crippen LogP contribution >= 0.6 is 11.3 Å². The molecule has 0 spiro atoms. The fourth-order valence-corrected chi connectivity index (χ4v) is 3.85. The lowest BCUT2D eigenvalue weighted by Crippen LogP contribution is -2.38. The van der Waals surface area contributed by atoms with Crippen LogP contribution in [0.25, 0.3) is 10.3 Å². The fourth-order valence-electron chi connectivity index (χ4n) is 2.24. The zero-order chi connectivity index (χ0) is 19.6. The highest BCUT2D eigenvalue weighted by Gasteiger charge is 2.22. The van der Waals surface area contributed by atoms with Crippen molar-refractivity contribution in [3.63, 3.8) is 0 Å². The first-order valence-electron chi connectivity index (χ1n) is 7.86. The number of alkyl carbamates (subject to hydrolysis) is 1. The van der Waals surface area contributed by atoms with Gasteiger partial charge in [0.05, 0.1) is 6.04 Å². The number of hydrogen-bond donors (Lipinski definition) is 2. The maximum Gasteiger partial charge on any atom is 0.407 e. The van der Waals surface area contributed by atoms with Gasteiger partial charge in [-0.3, -0.25) is 9.36 Å². The second-order valence-corrected chi connectivity index (χ2v) is 9.21. The van der Waals surface area contributed by atoms with Crippen molar-refractivity contribution in [2.24, 2.45) is 0 Å². The number of hydrogen-bond acceptors (Lipinski definition) is 8. The van der Waals surface area contributed by atoms with Crippen molar-refractivity contribution in [2.75, 3.05) is 12.8 Å². The number of nitrogens with zero attached hydrogens (tertiary/aromatic N) is 3. The number of amides is 1. The zero-order valence-corrected chi connectivity index (χ0v) is 16.9. The van der Waals surface area contributed by atoms with E-state index in [1.807, 2.05) is 0 Å². The van der Waals surface area contributed by atoms with Crippen molar-refractivity contribution < 1.29 is 19.2 Å². The first-order valence-corrected chi connectivity index (χ1v) is 10.2. The second-order valence-electron chi connectivity index (χ2n) is 6.68. The highest BCUT2D eigenvalue weighted by molar-refractivity contribution is 7.92. The average Bonchev–Trinajstić information content (AvgIpc) is 2.95. The molecule has 144 valence electrons. The molecule has 2 N–H and O–H groups in total. The summed E-state index contributed by atoms with van der Waals surface area (Å²) in [5, 5.41) is 12.2. The first kappa shape index (κ1) is 20.6. The second kappa shape index (κ2) is 7.91. The maximum atomic E-state index is 12.8. The van der Waals surface area contributed by atoms with Crippen LogP contribution in [0.15, 0.2) is 9.13 Å². The van der Waals surface area contributed by atoms with Crippen LogP contribution in [0.4, 0.5) is 4.79 Å². The summed E-state index contributed by atoms with van der Waals surface area (Å²) in [5.74, 6) is 0.151. The van der Waals surface area contributed by atoms with Crippen LogP contribution in [0, 0.1) is 0 Å². The maximum absolute atomic E-state index is 12.8. The molecule has 2 aromatic heterocycles. The molecule has 0 saturated heterocycles. The fraction of sp³-hybridized carbons (Fsp3) is 0.600. The Balaban J connectivity index is 2.31. The third-order valence-electron chi connectivity index (χ3n) is 3.29. The van der Waals surface area contributed by atoms with E-state index in [0.717, 1.165) is 11.3 Å². The lowest BCUT2D eigenvalue weighted by Gasteiger charge is -2.22. The Bertz CT molecular complexity index is 856. The Morgan fingerprint density at radius 1 is 1.46 bits per heavy atom. The first-order chi connectivity index (χ1) is 12.0. The molecule has 0 fully saturated rings. The van der Waals surface area contributed by atoms with Crippen molar-refractivity contribution >= 4 is 39.0 Å². The minimum Gasteiger partial charge on any atom is -0.610 e. The van der Waals surface area contributed by atoms with Gasteiger partial charge in [0.25, 0.3) is 5.56 Å². The monoisotopic (exact) mass is 402 g/mol. The van der Waals surface area contributed by atoms with Gasteiger partial charge in [-0.25, -0.2) is 9.78 Å². The number of fused-ring (bicyclic) bond motifs is 1. The quantitative estimate of drug-likeness (QED) is 0.718. The topological polar surface area (TPSA) is 129 Å². The van der Waals surface area contributed by atoms with Gasteiger partial charge >= 0.3 is 10.4 Å². The van der Waals surface area contributed by atoms with E-state index in [2.05, 4.69) is 15.3 Å². The third kappa shape index (κ3) is 4.72. The highest BCUT2D eigenvalue weighted by atomic mass is 32.2. The van der Waals surface area contributed by atoms with Crippen molar-refractivity contribution in [3.05, 3.63) is 16.2 Å². The predicted molar refractivity (Wildman–Crippen MR) is 98.9 cm³/mol. The van der Waals surface area contributed by atoms with Crippen molar-refractivity contribution in [1.82, 2.24) is 19.9 Å². The summed E-state index contributed by atoms with van der Waals surface area (Å²) >= 11 is -0.274. The summed E-state index contributed by atoms with van der Waals surface area (Å²) < 4.78 is 18.3. The van der Waals surface area contributed by atoms with E-state index in [-0.39, 0.29) is 17.9 Å². The number of ether oxygens (including phenoxy) is 1. The number of aliphatic hydroxyl groups is 1. The molecule has 0 aromatic carbocycles. The van der Waals surface area contributed by atoms with Crippen molar-refractivity contribution in [1.29, 1.82) is 0 Å². The summed E-state index contributed by atoms with van der Waals surface area (Å²) in [6.45, 7) is 6.60. The predicted octanol–water partition coefficient (Wildman–Crippen LogP) is 1.17. The van der Waals surface area contributed by atoms with Crippen LogP contribution in [0.5, 0.6) is 0 Å². The van der Waals surface area contributed by atoms with E-state index in [1.54, 1.807) is 27.7 Å². The molecule has 0 bridgehead atoms. The number of rotatable bonds is 5. The van der Waals surface area contributed by atoms with Crippen LogP contribution in [0.1, 0.15) is 39.6 Å². The summed E-state index contributed by atoms with van der Waals surface area (Å²) in [6, 6.07) is -0.494. The lowest BCUT2D eigenvalue weighted by molar-refractivity contribution is 0.0520. The van der Waals surface area contributed by atoms with E-state index in [9.17, 15) is 19.2 Å². The van der Waals surface area contributed by atoms with E-state index in [4.69, 9.17) is 4.74 Å². The minimum atomic E-state index is -1.33. The molecule has 2 aromatic rings. The van der Waals surface area contributed by atoms with Gasteiger partial charge in [0, 0.05) is 17.7 Å². The Morgan fingerprint density at radius 3 is 2.65 bits per heavy atom. The number of thiazole rings is 1. The molecule has 26 heavy (non-hydrogen) atoms. The van der Waals surface area contributed by atoms with Crippen LogP contribution < -0.4 is 10.9 Å². The van der Waals surface area contributed by atoms with Crippen LogP contribution in [-0.4, -0.2) is 48.7 Å². The van der Waals surface area contributed by atoms with Gasteiger partial charge in [-0.2, -0.15) is 4.98 Å². The molecule has 0 aliphatic carbocycles. The Kier molecular flexibility index (Phi) is 6.27. The lowest BCUT2D eigenvalue weighted by atomic mass is 10.2. The molecule has 2 rings (SSSR count). The molecule has 0 aliphatic heterocycles. The summed E-state index contributed by atoms with van der Waals surface area (Å²) in [6.07, 6.45) is 0.866. The molecule has 1 unspecified atom stereocenters. The molecular weight excluding hydrogens is 380 g/mol. The smallest absolute Gasteiger partial charge is 0.407 e. The van der Waals surface area contributed by atoms with E-state index in [1.165, 1.54) is 10.8 Å². The Morgan fingerprint density at radius 2 is 2.12 bits per heavy atom. The van der Waals surface area contributed by atoms with Gasteiger partial charge in [-0.15, -0.1) is 0 Å². The van der Waals surface area contributed by atoms with Crippen LogP contribution in [0.2, 0.25) is 0 Å². The van der Waals surface area contributed by atoms with E-state index >= 15 is 0 Å². The SMILES string of the molecule is C[C@@H](CNC(=O)OC(C)(C)C)n1c(CO)nc2sc([S+](C)[O-])nc2c1=O. The molecule has 0 saturated carbocycles. The summed E-state index contributed by atoms with van der Waals surface area (Å²) in [5.41, 5.74) is -0.986. The van der Waals surface area contributed by atoms with Crippen molar-refractivity contribution in [2.45, 2.75) is 50.3 Å². The summed E-state index contributed by atoms with van der Waals surface area (Å²) in [4.78, 5) is 33.3. The molecule has 0 radical (unpaired) electrons. The molecule has 1 amide bonds. The summed E-state index contributed by atoms with van der Waals surface area (Å²) in [7, 11) is 0. The van der Waals surface area contributed by atoms with Gasteiger partial charge in [0.2, 0.25) is 0 Å². The Hall–Kier alpha value is -1.69. The average molecular weight is 402 g/mol. The van der Waals surface area contributed by atoms with E-state index in [0.29, 0.717) is 9.17 Å². The van der Waals surface area contributed by atoms with Crippen molar-refractivity contribution in [3.8, 4) is 0 Å². The van der Waals surface area contributed by atoms with Crippen LogP contribution in [0.3, 0.4) is 0 Å². The minimum absolute atomic E-state index is 0.0986. The van der Waals surface area contributed by atoms with Crippen LogP contribution in [-0.2, 0) is 22.5 Å². The standard InChI is InChI=1S/C15H22N4O5S2/c1-8(6-16-13(22)24-15(2,3)4)19-9(7-20)17-11-10(12(19)21)18-14(25-11)26(5)23/h8,20H,6-7H2,1-5H3,(H,16,22)/t8-,26?/m0/s1. The largest absolute Gasteiger partial charge is 0.610 e. The van der Waals surface area contributed by atoms with Gasteiger partial charge in [-0.05, 0) is 39.0 Å². The molecular formula is C15H22N4O5S2. The van der Waals surface area contributed by atoms with Gasteiger partial charge in [0.15, 0.2) is 10.3 Å².